The SMILES string of the molecule is O=C(O)C1=CC([N+](=O)[O-])([N+](=O)[O-])CC([N+](=O)[O-])([N+](=O)[O-])C1. The van der Waals surface area contributed by atoms with Gasteiger partial charge in [0.2, 0.25) is 6.42 Å². The Balaban J connectivity index is 3.68. The van der Waals surface area contributed by atoms with E-state index in [1.807, 2.05) is 0 Å². The van der Waals surface area contributed by atoms with Gasteiger partial charge in [0.25, 0.3) is 0 Å². The summed E-state index contributed by atoms with van der Waals surface area (Å²) in [5.41, 5.74) is -7.95. The number of hydrogen-bond donors (Lipinski definition) is 1. The van der Waals surface area contributed by atoms with Crippen molar-refractivity contribution in [2.24, 2.45) is 0 Å². The number of carboxylic acid groups (broad SMARTS) is 1. The Bertz CT molecular complexity index is 566. The Hall–Kier alpha value is -3.19. The number of hydrogen-bond acceptors (Lipinski definition) is 9. The molecule has 0 bridgehead atoms. The predicted octanol–water partition coefficient (Wildman–Crippen LogP) is -0.709. The van der Waals surface area contributed by atoms with E-state index in [2.05, 4.69) is 0 Å². The minimum atomic E-state index is -3.45. The van der Waals surface area contributed by atoms with Gasteiger partial charge in [0.15, 0.2) is 0 Å². The van der Waals surface area contributed by atoms with Crippen molar-refractivity contribution in [2.45, 2.75) is 24.2 Å². The highest BCUT2D eigenvalue weighted by Crippen LogP contribution is 2.39. The van der Waals surface area contributed by atoms with E-state index in [9.17, 15) is 45.3 Å². The van der Waals surface area contributed by atoms with E-state index < -0.39 is 55.4 Å². The molecule has 1 aliphatic rings. The Labute approximate surface area is 113 Å². The zero-order valence-corrected chi connectivity index (χ0v) is 9.90. The average molecular weight is 306 g/mol. The number of nitrogens with zero attached hydrogens (tertiary/aromatic N) is 4. The summed E-state index contributed by atoms with van der Waals surface area (Å²) in [6, 6.07) is 0. The summed E-state index contributed by atoms with van der Waals surface area (Å²) < 4.78 is 0. The molecule has 0 spiro atoms. The summed E-state index contributed by atoms with van der Waals surface area (Å²) in [6.45, 7) is 0. The van der Waals surface area contributed by atoms with Crippen LogP contribution in [0.2, 0.25) is 0 Å². The third-order valence-corrected chi connectivity index (χ3v) is 3.01. The highest BCUT2D eigenvalue weighted by atomic mass is 16.7. The summed E-state index contributed by atoms with van der Waals surface area (Å²) in [5, 5.41) is 52.4. The zero-order chi connectivity index (χ0) is 16.6. The maximum Gasteiger partial charge on any atom is 0.492 e. The normalized spacial score (nSPS) is 19.1. The van der Waals surface area contributed by atoms with E-state index in [0.29, 0.717) is 0 Å². The molecule has 0 aromatic heterocycles. The van der Waals surface area contributed by atoms with Crippen LogP contribution in [0.25, 0.3) is 0 Å². The number of carboxylic acids is 1. The van der Waals surface area contributed by atoms with Crippen molar-refractivity contribution in [3.63, 3.8) is 0 Å². The summed E-state index contributed by atoms with van der Waals surface area (Å²) in [6.07, 6.45) is -2.90. The van der Waals surface area contributed by atoms with Crippen molar-refractivity contribution in [1.29, 1.82) is 0 Å². The van der Waals surface area contributed by atoms with Crippen LogP contribution >= 0.6 is 0 Å². The molecule has 0 heterocycles. The molecule has 21 heavy (non-hydrogen) atoms. The van der Waals surface area contributed by atoms with Crippen molar-refractivity contribution in [3.05, 3.63) is 52.1 Å². The molecule has 1 rings (SSSR count). The van der Waals surface area contributed by atoms with E-state index in [4.69, 9.17) is 5.11 Å². The third-order valence-electron chi connectivity index (χ3n) is 3.01. The first-order chi connectivity index (χ1) is 9.49. The van der Waals surface area contributed by atoms with Gasteiger partial charge in [-0.25, -0.2) is 4.79 Å². The average Bonchev–Trinajstić information content (AvgIpc) is 2.36. The minimum absolute atomic E-state index is 0.0978. The van der Waals surface area contributed by atoms with E-state index >= 15 is 0 Å². The first-order valence-corrected chi connectivity index (χ1v) is 5.02. The fourth-order valence-electron chi connectivity index (χ4n) is 1.93. The molecule has 0 aromatic carbocycles. The van der Waals surface area contributed by atoms with E-state index in [1.54, 1.807) is 0 Å². The molecule has 0 saturated heterocycles. The molecular weight excluding hydrogens is 300 g/mol. The molecule has 114 valence electrons. The van der Waals surface area contributed by atoms with E-state index in [1.165, 1.54) is 0 Å². The Morgan fingerprint density at radius 2 is 1.43 bits per heavy atom. The summed E-state index contributed by atoms with van der Waals surface area (Å²) in [7, 11) is 0. The van der Waals surface area contributed by atoms with Crippen LogP contribution in [-0.2, 0) is 4.79 Å². The van der Waals surface area contributed by atoms with Gasteiger partial charge in [0.05, 0.1) is 21.5 Å². The summed E-state index contributed by atoms with van der Waals surface area (Å²) in [4.78, 5) is 48.2. The second kappa shape index (κ2) is 4.73. The maximum atomic E-state index is 10.9. The topological polar surface area (TPSA) is 210 Å². The second-order valence-corrected chi connectivity index (χ2v) is 4.22. The van der Waals surface area contributed by atoms with Crippen molar-refractivity contribution in [2.75, 3.05) is 0 Å². The molecule has 0 saturated carbocycles. The van der Waals surface area contributed by atoms with Gasteiger partial charge in [0.1, 0.15) is 16.3 Å². The van der Waals surface area contributed by atoms with Gasteiger partial charge in [0, 0.05) is 0 Å². The van der Waals surface area contributed by atoms with E-state index in [0.717, 1.165) is 0 Å². The lowest BCUT2D eigenvalue weighted by Gasteiger charge is -2.24. The van der Waals surface area contributed by atoms with Crippen LogP contribution in [0.3, 0.4) is 0 Å². The van der Waals surface area contributed by atoms with Crippen LogP contribution in [0.1, 0.15) is 12.8 Å². The van der Waals surface area contributed by atoms with Crippen molar-refractivity contribution in [3.8, 4) is 0 Å². The smallest absolute Gasteiger partial charge is 0.478 e. The number of nitro groups is 4. The first kappa shape index (κ1) is 15.9. The Kier molecular flexibility index (Phi) is 3.57. The lowest BCUT2D eigenvalue weighted by Crippen LogP contribution is -2.60. The second-order valence-electron chi connectivity index (χ2n) is 4.22. The highest BCUT2D eigenvalue weighted by molar-refractivity contribution is 5.87. The lowest BCUT2D eigenvalue weighted by atomic mass is 9.82. The van der Waals surface area contributed by atoms with Crippen molar-refractivity contribution < 1.29 is 29.6 Å². The van der Waals surface area contributed by atoms with Crippen molar-refractivity contribution >= 4 is 5.97 Å². The molecule has 0 fully saturated rings. The molecule has 0 aromatic rings. The Morgan fingerprint density at radius 1 is 1.00 bits per heavy atom. The van der Waals surface area contributed by atoms with Crippen LogP contribution < -0.4 is 0 Å². The monoisotopic (exact) mass is 306 g/mol. The Morgan fingerprint density at radius 3 is 1.71 bits per heavy atom. The fourth-order valence-corrected chi connectivity index (χ4v) is 1.93. The molecule has 0 aliphatic heterocycles. The zero-order valence-electron chi connectivity index (χ0n) is 9.90. The minimum Gasteiger partial charge on any atom is -0.478 e. The lowest BCUT2D eigenvalue weighted by molar-refractivity contribution is -0.841. The standard InChI is InChI=1S/C7H6N4O10/c12-5(13)4-1-6(8(14)15,9(16)17)3-7(2-4,10(18)19)11(20)21/h1H,2-3H2,(H,12,13). The quantitative estimate of drug-likeness (QED) is 0.382. The van der Waals surface area contributed by atoms with Gasteiger partial charge in [-0.15, -0.1) is 0 Å². The van der Waals surface area contributed by atoms with Crippen LogP contribution in [0.15, 0.2) is 11.6 Å². The first-order valence-electron chi connectivity index (χ1n) is 5.02. The van der Waals surface area contributed by atoms with Gasteiger partial charge < -0.3 is 5.11 Å². The largest absolute Gasteiger partial charge is 0.492 e. The number of rotatable bonds is 5. The molecule has 14 nitrogen and oxygen atoms in total. The fraction of sp³-hybridized carbons (Fsp3) is 0.571. The molecule has 0 radical (unpaired) electrons. The molecule has 0 atom stereocenters. The van der Waals surface area contributed by atoms with E-state index in [-0.39, 0.29) is 6.08 Å². The van der Waals surface area contributed by atoms with Crippen molar-refractivity contribution in [1.82, 2.24) is 0 Å². The van der Waals surface area contributed by atoms with Crippen LogP contribution in [0, 0.1) is 40.5 Å². The third kappa shape index (κ3) is 2.21. The maximum absolute atomic E-state index is 10.9. The molecular formula is C7H6N4O10. The highest BCUT2D eigenvalue weighted by Gasteiger charge is 2.74. The molecule has 1 aliphatic carbocycles. The predicted molar refractivity (Wildman–Crippen MR) is 58.4 cm³/mol. The van der Waals surface area contributed by atoms with Gasteiger partial charge in [-0.1, -0.05) is 0 Å². The molecule has 0 amide bonds. The van der Waals surface area contributed by atoms with Gasteiger partial charge in [-0.2, -0.15) is 0 Å². The number of carbonyl (C=O) groups is 1. The van der Waals surface area contributed by atoms with Crippen LogP contribution in [0.4, 0.5) is 0 Å². The van der Waals surface area contributed by atoms with Gasteiger partial charge in [-0.05, 0) is 0 Å². The van der Waals surface area contributed by atoms with Gasteiger partial charge in [-0.3, -0.25) is 40.5 Å². The summed E-state index contributed by atoms with van der Waals surface area (Å²) >= 11 is 0. The number of aliphatic carboxylic acids is 1. The van der Waals surface area contributed by atoms with Gasteiger partial charge >= 0.3 is 17.3 Å². The molecule has 1 N–H and O–H groups in total. The molecule has 14 heteroatoms. The summed E-state index contributed by atoms with van der Waals surface area (Å²) in [5.74, 6) is -1.95. The van der Waals surface area contributed by atoms with Crippen LogP contribution in [-0.4, -0.2) is 42.1 Å². The molecule has 0 unspecified atom stereocenters. The van der Waals surface area contributed by atoms with Crippen LogP contribution in [0.5, 0.6) is 0 Å².